The van der Waals surface area contributed by atoms with E-state index in [1.807, 2.05) is 24.0 Å². The summed E-state index contributed by atoms with van der Waals surface area (Å²) in [5, 5.41) is 12.9. The van der Waals surface area contributed by atoms with Crippen molar-refractivity contribution < 1.29 is 5.11 Å². The van der Waals surface area contributed by atoms with Gasteiger partial charge in [0.25, 0.3) is 0 Å². The van der Waals surface area contributed by atoms with Crippen LogP contribution in [0.25, 0.3) is 0 Å². The minimum Gasteiger partial charge on any atom is -0.396 e. The molecule has 0 aliphatic heterocycles. The molecule has 0 radical (unpaired) electrons. The molecular formula is C12H21N3O. The van der Waals surface area contributed by atoms with E-state index in [-0.39, 0.29) is 5.41 Å². The van der Waals surface area contributed by atoms with Crippen LogP contribution in [0, 0.1) is 5.41 Å². The molecule has 1 heterocycles. The van der Waals surface area contributed by atoms with Crippen LogP contribution >= 0.6 is 0 Å². The van der Waals surface area contributed by atoms with Crippen molar-refractivity contribution in [3.8, 4) is 0 Å². The molecular weight excluding hydrogens is 202 g/mol. The lowest BCUT2D eigenvalue weighted by Crippen LogP contribution is -2.35. The van der Waals surface area contributed by atoms with Crippen LogP contribution in [0.2, 0.25) is 0 Å². The fourth-order valence-corrected chi connectivity index (χ4v) is 2.52. The molecule has 1 aromatic rings. The zero-order chi connectivity index (χ0) is 11.4. The van der Waals surface area contributed by atoms with Crippen molar-refractivity contribution in [1.29, 1.82) is 0 Å². The number of aliphatic hydroxyl groups is 1. The van der Waals surface area contributed by atoms with Gasteiger partial charge in [0.1, 0.15) is 5.82 Å². The van der Waals surface area contributed by atoms with Crippen LogP contribution in [-0.2, 0) is 13.6 Å². The third-order valence-corrected chi connectivity index (χ3v) is 3.70. The predicted molar refractivity (Wildman–Crippen MR) is 62.9 cm³/mol. The third-order valence-electron chi connectivity index (χ3n) is 3.70. The van der Waals surface area contributed by atoms with Gasteiger partial charge in [-0.15, -0.1) is 0 Å². The number of rotatable bonds is 5. The summed E-state index contributed by atoms with van der Waals surface area (Å²) >= 11 is 0. The van der Waals surface area contributed by atoms with Crippen LogP contribution in [0.1, 0.15) is 31.5 Å². The zero-order valence-corrected chi connectivity index (χ0v) is 9.95. The summed E-state index contributed by atoms with van der Waals surface area (Å²) in [7, 11) is 2.00. The molecule has 0 amide bonds. The van der Waals surface area contributed by atoms with Crippen LogP contribution in [0.15, 0.2) is 12.4 Å². The number of aryl methyl sites for hydroxylation is 1. The van der Waals surface area contributed by atoms with Crippen molar-refractivity contribution in [3.63, 3.8) is 0 Å². The Kier molecular flexibility index (Phi) is 3.61. The molecule has 2 rings (SSSR count). The van der Waals surface area contributed by atoms with E-state index in [2.05, 4.69) is 10.3 Å². The highest BCUT2D eigenvalue weighted by atomic mass is 16.3. The van der Waals surface area contributed by atoms with Gasteiger partial charge in [0, 0.05) is 38.0 Å². The quantitative estimate of drug-likeness (QED) is 0.785. The SMILES string of the molecule is Cn1ccnc1CNCC1(CO)CCCC1. The first-order valence-corrected chi connectivity index (χ1v) is 6.04. The third kappa shape index (κ3) is 2.44. The Bertz CT molecular complexity index is 329. The molecule has 0 aromatic carbocycles. The lowest BCUT2D eigenvalue weighted by Gasteiger charge is -2.26. The van der Waals surface area contributed by atoms with Crippen molar-refractivity contribution in [2.75, 3.05) is 13.2 Å². The Balaban J connectivity index is 1.81. The van der Waals surface area contributed by atoms with Crippen LogP contribution in [0.4, 0.5) is 0 Å². The molecule has 4 nitrogen and oxygen atoms in total. The Labute approximate surface area is 96.7 Å². The van der Waals surface area contributed by atoms with Crippen molar-refractivity contribution in [3.05, 3.63) is 18.2 Å². The summed E-state index contributed by atoms with van der Waals surface area (Å²) in [4.78, 5) is 4.27. The van der Waals surface area contributed by atoms with E-state index in [0.717, 1.165) is 31.8 Å². The second kappa shape index (κ2) is 4.97. The first-order valence-electron chi connectivity index (χ1n) is 6.04. The largest absolute Gasteiger partial charge is 0.396 e. The molecule has 90 valence electrons. The zero-order valence-electron chi connectivity index (χ0n) is 9.95. The summed E-state index contributed by atoms with van der Waals surface area (Å²) in [6.07, 6.45) is 8.58. The Morgan fingerprint density at radius 2 is 2.25 bits per heavy atom. The lowest BCUT2D eigenvalue weighted by atomic mass is 9.87. The van der Waals surface area contributed by atoms with Gasteiger partial charge in [-0.2, -0.15) is 0 Å². The summed E-state index contributed by atoms with van der Waals surface area (Å²) < 4.78 is 2.02. The molecule has 1 saturated carbocycles. The normalized spacial score (nSPS) is 19.1. The highest BCUT2D eigenvalue weighted by molar-refractivity contribution is 4.92. The summed E-state index contributed by atoms with van der Waals surface area (Å²) in [6, 6.07) is 0. The van der Waals surface area contributed by atoms with Gasteiger partial charge in [-0.25, -0.2) is 4.98 Å². The number of aliphatic hydroxyl groups excluding tert-OH is 1. The number of hydrogen-bond acceptors (Lipinski definition) is 3. The molecule has 0 bridgehead atoms. The molecule has 1 fully saturated rings. The van der Waals surface area contributed by atoms with E-state index >= 15 is 0 Å². The molecule has 2 N–H and O–H groups in total. The van der Waals surface area contributed by atoms with E-state index in [0.29, 0.717) is 6.61 Å². The van der Waals surface area contributed by atoms with Gasteiger partial charge in [-0.05, 0) is 12.8 Å². The molecule has 0 saturated heterocycles. The summed E-state index contributed by atoms with van der Waals surface area (Å²) in [6.45, 7) is 1.99. The van der Waals surface area contributed by atoms with Crippen molar-refractivity contribution >= 4 is 0 Å². The fourth-order valence-electron chi connectivity index (χ4n) is 2.52. The summed E-state index contributed by atoms with van der Waals surface area (Å²) in [5.74, 6) is 1.05. The second-order valence-electron chi connectivity index (χ2n) is 4.92. The number of hydrogen-bond donors (Lipinski definition) is 2. The fraction of sp³-hybridized carbons (Fsp3) is 0.750. The monoisotopic (exact) mass is 223 g/mol. The molecule has 1 aliphatic rings. The van der Waals surface area contributed by atoms with Gasteiger partial charge in [0.05, 0.1) is 6.54 Å². The topological polar surface area (TPSA) is 50.1 Å². The number of aromatic nitrogens is 2. The molecule has 4 heteroatoms. The molecule has 1 aliphatic carbocycles. The first-order chi connectivity index (χ1) is 7.76. The van der Waals surface area contributed by atoms with Crippen LogP contribution in [0.3, 0.4) is 0 Å². The van der Waals surface area contributed by atoms with Gasteiger partial charge in [0.2, 0.25) is 0 Å². The average Bonchev–Trinajstić information content (AvgIpc) is 2.90. The first kappa shape index (κ1) is 11.6. The molecule has 0 unspecified atom stereocenters. The van der Waals surface area contributed by atoms with Gasteiger partial charge in [-0.1, -0.05) is 12.8 Å². The van der Waals surface area contributed by atoms with E-state index in [9.17, 15) is 5.11 Å². The number of imidazole rings is 1. The Morgan fingerprint density at radius 1 is 1.50 bits per heavy atom. The number of nitrogens with zero attached hydrogens (tertiary/aromatic N) is 2. The minimum absolute atomic E-state index is 0.130. The van der Waals surface area contributed by atoms with Gasteiger partial charge in [0.15, 0.2) is 0 Å². The highest BCUT2D eigenvalue weighted by Crippen LogP contribution is 2.36. The van der Waals surface area contributed by atoms with E-state index in [1.54, 1.807) is 0 Å². The Morgan fingerprint density at radius 3 is 2.81 bits per heavy atom. The molecule has 16 heavy (non-hydrogen) atoms. The maximum Gasteiger partial charge on any atom is 0.122 e. The van der Waals surface area contributed by atoms with E-state index in [1.165, 1.54) is 12.8 Å². The molecule has 0 atom stereocenters. The maximum atomic E-state index is 9.47. The van der Waals surface area contributed by atoms with Crippen LogP contribution in [-0.4, -0.2) is 27.8 Å². The standard InChI is InChI=1S/C12H21N3O/c1-15-7-6-14-11(15)8-13-9-12(10-16)4-2-3-5-12/h6-7,13,16H,2-5,8-10H2,1H3. The van der Waals surface area contributed by atoms with Gasteiger partial charge >= 0.3 is 0 Å². The second-order valence-corrected chi connectivity index (χ2v) is 4.92. The predicted octanol–water partition coefficient (Wildman–Crippen LogP) is 1.06. The summed E-state index contributed by atoms with van der Waals surface area (Å²) in [5.41, 5.74) is 0.130. The highest BCUT2D eigenvalue weighted by Gasteiger charge is 2.32. The smallest absolute Gasteiger partial charge is 0.122 e. The van der Waals surface area contributed by atoms with Crippen LogP contribution < -0.4 is 5.32 Å². The minimum atomic E-state index is 0.130. The Hall–Kier alpha value is -0.870. The molecule has 1 aromatic heterocycles. The van der Waals surface area contributed by atoms with Crippen LogP contribution in [0.5, 0.6) is 0 Å². The average molecular weight is 223 g/mol. The maximum absolute atomic E-state index is 9.47. The van der Waals surface area contributed by atoms with E-state index in [4.69, 9.17) is 0 Å². The van der Waals surface area contributed by atoms with Gasteiger partial charge in [-0.3, -0.25) is 0 Å². The van der Waals surface area contributed by atoms with Crippen molar-refractivity contribution in [1.82, 2.24) is 14.9 Å². The number of nitrogens with one attached hydrogen (secondary N) is 1. The van der Waals surface area contributed by atoms with Crippen molar-refractivity contribution in [2.45, 2.75) is 32.2 Å². The lowest BCUT2D eigenvalue weighted by molar-refractivity contribution is 0.128. The van der Waals surface area contributed by atoms with Gasteiger partial charge < -0.3 is 15.0 Å². The molecule has 0 spiro atoms. The van der Waals surface area contributed by atoms with E-state index < -0.39 is 0 Å². The van der Waals surface area contributed by atoms with Crippen molar-refractivity contribution in [2.24, 2.45) is 12.5 Å².